The summed E-state index contributed by atoms with van der Waals surface area (Å²) in [5, 5.41) is 20.0. The maximum absolute atomic E-state index is 12.9. The van der Waals surface area contributed by atoms with Crippen LogP contribution in [-0.2, 0) is 4.74 Å². The second-order valence-electron chi connectivity index (χ2n) is 6.28. The molecule has 0 aliphatic heterocycles. The van der Waals surface area contributed by atoms with Crippen LogP contribution >= 0.6 is 0 Å². The highest BCUT2D eigenvalue weighted by atomic mass is 19.4. The minimum Gasteiger partial charge on any atom is -0.389 e. The van der Waals surface area contributed by atoms with Crippen molar-refractivity contribution in [3.05, 3.63) is 23.8 Å². The highest BCUT2D eigenvalue weighted by Crippen LogP contribution is 2.37. The fourth-order valence-corrected chi connectivity index (χ4v) is 2.45. The predicted molar refractivity (Wildman–Crippen MR) is 101 cm³/mol. The molecule has 0 amide bonds. The van der Waals surface area contributed by atoms with Crippen LogP contribution in [0, 0.1) is 5.92 Å². The first-order valence-corrected chi connectivity index (χ1v) is 9.36. The van der Waals surface area contributed by atoms with Gasteiger partial charge in [-0.05, 0) is 32.6 Å². The first-order chi connectivity index (χ1) is 12.0. The average Bonchev–Trinajstić information content (AvgIpc) is 2.60. The number of rotatable bonds is 10. The van der Waals surface area contributed by atoms with Crippen LogP contribution in [0.15, 0.2) is 23.8 Å². The number of hydrogen-bond donors (Lipinski definition) is 2. The van der Waals surface area contributed by atoms with E-state index in [0.29, 0.717) is 5.57 Å². The Bertz CT molecular complexity index is 419. The van der Waals surface area contributed by atoms with Gasteiger partial charge in [0, 0.05) is 13.0 Å². The van der Waals surface area contributed by atoms with E-state index in [1.54, 1.807) is 26.0 Å². The first kappa shape index (κ1) is 27.4. The van der Waals surface area contributed by atoms with Crippen molar-refractivity contribution in [2.75, 3.05) is 7.11 Å². The number of methoxy groups -OCH3 is 1. The van der Waals surface area contributed by atoms with Crippen LogP contribution in [0.4, 0.5) is 13.2 Å². The maximum atomic E-state index is 12.9. The number of halogens is 3. The van der Waals surface area contributed by atoms with Crippen molar-refractivity contribution >= 4 is 0 Å². The van der Waals surface area contributed by atoms with Crippen LogP contribution < -0.4 is 0 Å². The monoisotopic (exact) mass is 382 g/mol. The van der Waals surface area contributed by atoms with Crippen molar-refractivity contribution in [3.63, 3.8) is 0 Å². The molecule has 0 aliphatic carbocycles. The van der Waals surface area contributed by atoms with E-state index in [1.165, 1.54) is 14.0 Å². The summed E-state index contributed by atoms with van der Waals surface area (Å²) in [6.45, 7) is 10.8. The summed E-state index contributed by atoms with van der Waals surface area (Å²) in [5.74, 6) is -0.280. The third kappa shape index (κ3) is 9.19. The molecule has 0 rings (SSSR count). The minimum absolute atomic E-state index is 0.114. The van der Waals surface area contributed by atoms with Gasteiger partial charge >= 0.3 is 6.18 Å². The molecule has 0 radical (unpaired) electrons. The molecule has 3 nitrogen and oxygen atoms in total. The standard InChI is InChI=1S/C18H31F3O3.C2H6/c1-6-8-9-15(24-5)16(22)14(4)12-13(3)10-11-17(23,7-2)18(19,20)21;1-2/h8-9,12,14-16,22-23H,6-7,10-11H2,1-5H3;1-2H3/b9-8+,13-12-;/t14-,15+,16+,17?;/m1./s1. The third-order valence-electron chi connectivity index (χ3n) is 4.30. The number of aliphatic hydroxyl groups is 2. The smallest absolute Gasteiger partial charge is 0.389 e. The van der Waals surface area contributed by atoms with Crippen LogP contribution in [-0.4, -0.2) is 41.3 Å². The molecular weight excluding hydrogens is 345 g/mol. The van der Waals surface area contributed by atoms with Gasteiger partial charge in [-0.3, -0.25) is 0 Å². The molecule has 0 aromatic heterocycles. The lowest BCUT2D eigenvalue weighted by Crippen LogP contribution is -2.44. The Morgan fingerprint density at radius 1 is 1.19 bits per heavy atom. The van der Waals surface area contributed by atoms with Crippen molar-refractivity contribution in [3.8, 4) is 0 Å². The Morgan fingerprint density at radius 2 is 1.73 bits per heavy atom. The molecule has 0 bridgehead atoms. The topological polar surface area (TPSA) is 49.7 Å². The predicted octanol–water partition coefficient (Wildman–Crippen LogP) is 5.42. The number of alkyl halides is 3. The van der Waals surface area contributed by atoms with Gasteiger partial charge in [0.2, 0.25) is 0 Å². The molecule has 0 aromatic carbocycles. The number of ether oxygens (including phenoxy) is 1. The van der Waals surface area contributed by atoms with Crippen molar-refractivity contribution in [2.45, 2.75) is 91.2 Å². The van der Waals surface area contributed by atoms with E-state index < -0.39 is 24.0 Å². The second-order valence-corrected chi connectivity index (χ2v) is 6.28. The summed E-state index contributed by atoms with van der Waals surface area (Å²) in [7, 11) is 1.50. The van der Waals surface area contributed by atoms with Crippen molar-refractivity contribution in [1.82, 2.24) is 0 Å². The van der Waals surface area contributed by atoms with E-state index in [4.69, 9.17) is 4.74 Å². The van der Waals surface area contributed by atoms with Gasteiger partial charge in [-0.15, -0.1) is 0 Å². The number of hydrogen-bond acceptors (Lipinski definition) is 3. The van der Waals surface area contributed by atoms with Gasteiger partial charge in [-0.1, -0.05) is 58.4 Å². The summed E-state index contributed by atoms with van der Waals surface area (Å²) in [5.41, 5.74) is -1.96. The molecule has 2 N–H and O–H groups in total. The number of allylic oxidation sites excluding steroid dienone is 2. The van der Waals surface area contributed by atoms with Gasteiger partial charge in [0.1, 0.15) is 6.10 Å². The fraction of sp³-hybridized carbons (Fsp3) is 0.800. The van der Waals surface area contributed by atoms with Crippen LogP contribution in [0.5, 0.6) is 0 Å². The lowest BCUT2D eigenvalue weighted by molar-refractivity contribution is -0.263. The summed E-state index contributed by atoms with van der Waals surface area (Å²) in [4.78, 5) is 0. The Hall–Kier alpha value is -0.850. The van der Waals surface area contributed by atoms with E-state index in [0.717, 1.165) is 6.42 Å². The molecule has 0 aliphatic rings. The zero-order chi connectivity index (χ0) is 21.0. The molecule has 0 saturated heterocycles. The average molecular weight is 383 g/mol. The summed E-state index contributed by atoms with van der Waals surface area (Å²) in [6.07, 6.45) is -0.312. The van der Waals surface area contributed by atoms with Gasteiger partial charge in [0.25, 0.3) is 0 Å². The Morgan fingerprint density at radius 3 is 2.12 bits per heavy atom. The Balaban J connectivity index is 0. The third-order valence-corrected chi connectivity index (χ3v) is 4.30. The van der Waals surface area contributed by atoms with Crippen LogP contribution in [0.25, 0.3) is 0 Å². The van der Waals surface area contributed by atoms with E-state index in [-0.39, 0.29) is 25.2 Å². The largest absolute Gasteiger partial charge is 0.417 e. The minimum atomic E-state index is -4.64. The quantitative estimate of drug-likeness (QED) is 0.496. The normalized spacial score (nSPS) is 18.7. The highest BCUT2D eigenvalue weighted by Gasteiger charge is 2.51. The molecule has 156 valence electrons. The molecule has 1 unspecified atom stereocenters. The van der Waals surface area contributed by atoms with Gasteiger partial charge in [0.05, 0.1) is 6.10 Å². The highest BCUT2D eigenvalue weighted by molar-refractivity contribution is 5.06. The SMILES string of the molecule is CC.CC/C=C/[C@H](OC)[C@@H](O)[C@H](C)/C=C(/C)CCC(O)(CC)C(F)(F)F. The first-order valence-electron chi connectivity index (χ1n) is 9.36. The van der Waals surface area contributed by atoms with E-state index >= 15 is 0 Å². The molecule has 0 aromatic rings. The summed E-state index contributed by atoms with van der Waals surface area (Å²) >= 11 is 0. The fourth-order valence-electron chi connectivity index (χ4n) is 2.45. The van der Waals surface area contributed by atoms with Crippen molar-refractivity contribution in [2.24, 2.45) is 5.92 Å². The Labute approximate surface area is 156 Å². The lowest BCUT2D eigenvalue weighted by Gasteiger charge is -2.29. The van der Waals surface area contributed by atoms with Crippen LogP contribution in [0.3, 0.4) is 0 Å². The molecule has 4 atom stereocenters. The Kier molecular flexibility index (Phi) is 14.0. The number of aliphatic hydroxyl groups excluding tert-OH is 1. The van der Waals surface area contributed by atoms with Gasteiger partial charge in [0.15, 0.2) is 5.60 Å². The molecule has 0 fully saturated rings. The van der Waals surface area contributed by atoms with Crippen LogP contribution in [0.1, 0.15) is 67.2 Å². The zero-order valence-electron chi connectivity index (χ0n) is 17.2. The summed E-state index contributed by atoms with van der Waals surface area (Å²) < 4.78 is 43.9. The van der Waals surface area contributed by atoms with Gasteiger partial charge in [-0.2, -0.15) is 13.2 Å². The van der Waals surface area contributed by atoms with Gasteiger partial charge in [-0.25, -0.2) is 0 Å². The zero-order valence-corrected chi connectivity index (χ0v) is 17.2. The van der Waals surface area contributed by atoms with Crippen LogP contribution in [0.2, 0.25) is 0 Å². The molecule has 0 heterocycles. The molecule has 0 spiro atoms. The second kappa shape index (κ2) is 13.3. The lowest BCUT2D eigenvalue weighted by atomic mass is 9.90. The van der Waals surface area contributed by atoms with E-state index in [9.17, 15) is 23.4 Å². The summed E-state index contributed by atoms with van der Waals surface area (Å²) in [6, 6.07) is 0. The van der Waals surface area contributed by atoms with E-state index in [1.807, 2.05) is 26.8 Å². The molecule has 26 heavy (non-hydrogen) atoms. The molecular formula is C20H37F3O3. The molecule has 0 saturated carbocycles. The molecule has 6 heteroatoms. The van der Waals surface area contributed by atoms with Gasteiger partial charge < -0.3 is 14.9 Å². The van der Waals surface area contributed by atoms with E-state index in [2.05, 4.69) is 0 Å². The maximum Gasteiger partial charge on any atom is 0.417 e. The van der Waals surface area contributed by atoms with Crippen molar-refractivity contribution in [1.29, 1.82) is 0 Å². The van der Waals surface area contributed by atoms with Crippen molar-refractivity contribution < 1.29 is 28.1 Å².